The predicted octanol–water partition coefficient (Wildman–Crippen LogP) is 1.83. The quantitative estimate of drug-likeness (QED) is 0.625. The monoisotopic (exact) mass is 335 g/mol. The summed E-state index contributed by atoms with van der Waals surface area (Å²) in [4.78, 5) is 0. The second-order valence-electron chi connectivity index (χ2n) is 3.92. The molecule has 0 amide bonds. The van der Waals surface area contributed by atoms with Crippen LogP contribution >= 0.6 is 0 Å². The molecule has 7 nitrogen and oxygen atoms in total. The molecule has 0 bridgehead atoms. The Bertz CT molecular complexity index is 852. The van der Waals surface area contributed by atoms with Crippen LogP contribution in [0.4, 0.5) is 13.2 Å². The molecule has 0 saturated carbocycles. The van der Waals surface area contributed by atoms with E-state index in [-0.39, 0.29) is 23.4 Å². The van der Waals surface area contributed by atoms with Crippen molar-refractivity contribution in [1.82, 2.24) is 9.61 Å². The van der Waals surface area contributed by atoms with Crippen LogP contribution < -0.4 is 8.92 Å². The van der Waals surface area contributed by atoms with Crippen LogP contribution in [-0.4, -0.2) is 30.1 Å². The molecule has 118 valence electrons. The van der Waals surface area contributed by atoms with Crippen molar-refractivity contribution in [2.24, 2.45) is 0 Å². The molecule has 2 aromatic heterocycles. The van der Waals surface area contributed by atoms with Crippen LogP contribution in [0.3, 0.4) is 0 Å². The molecule has 0 atom stereocenters. The highest BCUT2D eigenvalue weighted by atomic mass is 32.2. The van der Waals surface area contributed by atoms with Gasteiger partial charge in [-0.15, -0.1) is 0 Å². The Kier molecular flexibility index (Phi) is 3.89. The molecule has 0 radical (unpaired) electrons. The van der Waals surface area contributed by atoms with E-state index in [0.29, 0.717) is 0 Å². The van der Waals surface area contributed by atoms with Crippen molar-refractivity contribution in [1.29, 1.82) is 5.26 Å². The van der Waals surface area contributed by atoms with Gasteiger partial charge in [-0.3, -0.25) is 0 Å². The minimum Gasteiger partial charge on any atom is -0.492 e. The van der Waals surface area contributed by atoms with E-state index in [2.05, 4.69) is 9.28 Å². The fraction of sp³-hybridized carbons (Fsp3) is 0.273. The maximum Gasteiger partial charge on any atom is 0.534 e. The number of fused-ring (bicyclic) bond motifs is 1. The summed E-state index contributed by atoms with van der Waals surface area (Å²) in [5, 5.41) is 12.7. The summed E-state index contributed by atoms with van der Waals surface area (Å²) in [5.74, 6) is -0.660. The maximum atomic E-state index is 12.4. The zero-order valence-electron chi connectivity index (χ0n) is 11.0. The molecular formula is C11H8F3N3O4S. The van der Waals surface area contributed by atoms with Crippen LogP contribution in [0.25, 0.3) is 5.52 Å². The lowest BCUT2D eigenvalue weighted by Crippen LogP contribution is -2.28. The van der Waals surface area contributed by atoms with Crippen molar-refractivity contribution in [3.05, 3.63) is 24.0 Å². The SMILES string of the molecule is CCOc1cc(OS(=O)(=O)C(F)(F)F)c2c(C#N)cnn2c1. The largest absolute Gasteiger partial charge is 0.534 e. The van der Waals surface area contributed by atoms with Crippen LogP contribution in [0, 0.1) is 11.3 Å². The minimum atomic E-state index is -5.88. The van der Waals surface area contributed by atoms with Crippen molar-refractivity contribution in [2.75, 3.05) is 6.61 Å². The third-order valence-electron chi connectivity index (χ3n) is 2.47. The zero-order valence-corrected chi connectivity index (χ0v) is 11.8. The second-order valence-corrected chi connectivity index (χ2v) is 5.46. The summed E-state index contributed by atoms with van der Waals surface area (Å²) in [6.07, 6.45) is 2.35. The van der Waals surface area contributed by atoms with E-state index in [9.17, 15) is 21.6 Å². The van der Waals surface area contributed by atoms with Crippen molar-refractivity contribution in [3.63, 3.8) is 0 Å². The Morgan fingerprint density at radius 1 is 1.45 bits per heavy atom. The van der Waals surface area contributed by atoms with Crippen molar-refractivity contribution < 1.29 is 30.5 Å². The van der Waals surface area contributed by atoms with Gasteiger partial charge in [-0.1, -0.05) is 0 Å². The van der Waals surface area contributed by atoms with Crippen LogP contribution in [0.2, 0.25) is 0 Å². The predicted molar refractivity (Wildman–Crippen MR) is 66.7 cm³/mol. The van der Waals surface area contributed by atoms with Crippen LogP contribution in [-0.2, 0) is 10.1 Å². The van der Waals surface area contributed by atoms with Crippen molar-refractivity contribution >= 4 is 15.6 Å². The van der Waals surface area contributed by atoms with Gasteiger partial charge in [-0.2, -0.15) is 31.9 Å². The number of nitrogens with zero attached hydrogens (tertiary/aromatic N) is 3. The lowest BCUT2D eigenvalue weighted by Gasteiger charge is -2.12. The van der Waals surface area contributed by atoms with Crippen LogP contribution in [0.5, 0.6) is 11.5 Å². The van der Waals surface area contributed by atoms with E-state index >= 15 is 0 Å². The summed E-state index contributed by atoms with van der Waals surface area (Å²) < 4.78 is 69.9. The summed E-state index contributed by atoms with van der Waals surface area (Å²) in [5.41, 5.74) is -5.95. The van der Waals surface area contributed by atoms with E-state index in [4.69, 9.17) is 10.00 Å². The van der Waals surface area contributed by atoms with Gasteiger partial charge in [-0.05, 0) is 6.92 Å². The molecular weight excluding hydrogens is 327 g/mol. The molecule has 0 fully saturated rings. The average molecular weight is 335 g/mol. The molecule has 0 aliphatic rings. The standard InChI is InChI=1S/C11H8F3N3O4S/c1-2-20-8-3-9(21-22(18,19)11(12,13)14)10-7(4-15)5-16-17(10)6-8/h3,5-6H,2H2,1H3. The first-order valence-corrected chi connectivity index (χ1v) is 7.15. The molecule has 0 spiro atoms. The van der Waals surface area contributed by atoms with Crippen LogP contribution in [0.1, 0.15) is 12.5 Å². The van der Waals surface area contributed by atoms with Gasteiger partial charge in [0.25, 0.3) is 0 Å². The van der Waals surface area contributed by atoms with E-state index in [1.54, 1.807) is 13.0 Å². The molecule has 0 aromatic carbocycles. The Balaban J connectivity index is 2.65. The molecule has 0 unspecified atom stereocenters. The first kappa shape index (κ1) is 15.9. The topological polar surface area (TPSA) is 93.7 Å². The van der Waals surface area contributed by atoms with Gasteiger partial charge in [0.2, 0.25) is 0 Å². The third-order valence-corrected chi connectivity index (χ3v) is 3.43. The fourth-order valence-corrected chi connectivity index (χ4v) is 2.08. The number of hydrogen-bond acceptors (Lipinski definition) is 6. The Morgan fingerprint density at radius 2 is 2.14 bits per heavy atom. The average Bonchev–Trinajstić information content (AvgIpc) is 2.80. The maximum absolute atomic E-state index is 12.4. The summed E-state index contributed by atoms with van der Waals surface area (Å²) in [6, 6.07) is 2.64. The van der Waals surface area contributed by atoms with E-state index < -0.39 is 21.4 Å². The lowest BCUT2D eigenvalue weighted by molar-refractivity contribution is -0.0499. The summed E-state index contributed by atoms with van der Waals surface area (Å²) in [6.45, 7) is 1.81. The Labute approximate surface area is 122 Å². The van der Waals surface area contributed by atoms with Gasteiger partial charge in [-0.25, -0.2) is 4.52 Å². The molecule has 11 heteroatoms. The highest BCUT2D eigenvalue weighted by molar-refractivity contribution is 7.88. The third kappa shape index (κ3) is 2.77. The van der Waals surface area contributed by atoms with Crippen molar-refractivity contribution in [3.8, 4) is 17.6 Å². The van der Waals surface area contributed by atoms with Gasteiger partial charge in [0.15, 0.2) is 5.75 Å². The van der Waals surface area contributed by atoms with Gasteiger partial charge in [0, 0.05) is 6.07 Å². The van der Waals surface area contributed by atoms with Gasteiger partial charge < -0.3 is 8.92 Å². The first-order chi connectivity index (χ1) is 10.2. The number of hydrogen-bond donors (Lipinski definition) is 0. The van der Waals surface area contributed by atoms with E-state index in [1.165, 1.54) is 6.20 Å². The number of rotatable bonds is 4. The molecule has 2 rings (SSSR count). The molecule has 0 N–H and O–H groups in total. The molecule has 22 heavy (non-hydrogen) atoms. The van der Waals surface area contributed by atoms with E-state index in [0.717, 1.165) is 16.8 Å². The minimum absolute atomic E-state index is 0.0370. The normalized spacial score (nSPS) is 12.1. The Morgan fingerprint density at radius 3 is 2.68 bits per heavy atom. The number of aromatic nitrogens is 2. The number of halogens is 3. The van der Waals surface area contributed by atoms with Crippen molar-refractivity contribution in [2.45, 2.75) is 12.4 Å². The lowest BCUT2D eigenvalue weighted by atomic mass is 10.2. The molecule has 0 saturated heterocycles. The smallest absolute Gasteiger partial charge is 0.492 e. The molecule has 2 aromatic rings. The summed E-state index contributed by atoms with van der Waals surface area (Å²) in [7, 11) is -5.88. The molecule has 0 aliphatic heterocycles. The first-order valence-electron chi connectivity index (χ1n) is 5.74. The number of pyridine rings is 1. The van der Waals surface area contributed by atoms with Gasteiger partial charge in [0.05, 0.1) is 19.0 Å². The highest BCUT2D eigenvalue weighted by Gasteiger charge is 2.49. The summed E-state index contributed by atoms with van der Waals surface area (Å²) >= 11 is 0. The molecule has 2 heterocycles. The molecule has 0 aliphatic carbocycles. The van der Waals surface area contributed by atoms with Gasteiger partial charge in [0.1, 0.15) is 22.9 Å². The number of ether oxygens (including phenoxy) is 1. The van der Waals surface area contributed by atoms with Crippen LogP contribution in [0.15, 0.2) is 18.5 Å². The second kappa shape index (κ2) is 5.38. The van der Waals surface area contributed by atoms with E-state index in [1.807, 2.05) is 0 Å². The fourth-order valence-electron chi connectivity index (χ4n) is 1.62. The van der Waals surface area contributed by atoms with Gasteiger partial charge >= 0.3 is 15.6 Å². The Hall–Kier alpha value is -2.48. The number of alkyl halides is 3. The highest BCUT2D eigenvalue weighted by Crippen LogP contribution is 2.33. The zero-order chi connectivity index (χ0) is 16.5. The number of nitriles is 1.